The van der Waals surface area contributed by atoms with Gasteiger partial charge in [0.15, 0.2) is 0 Å². The minimum Gasteiger partial charge on any atom is -0.156 e. The number of hydrogen-bond donors (Lipinski definition) is 0. The fourth-order valence-electron chi connectivity index (χ4n) is 2.18. The van der Waals surface area contributed by atoms with Gasteiger partial charge in [0.25, 0.3) is 0 Å². The van der Waals surface area contributed by atoms with Crippen LogP contribution in [0.3, 0.4) is 0 Å². The topological polar surface area (TPSA) is 0 Å². The van der Waals surface area contributed by atoms with E-state index in [-0.39, 0.29) is 0 Å². The molecule has 0 bridgehead atoms. The minimum atomic E-state index is -1.97. The zero-order chi connectivity index (χ0) is 19.0. The molecule has 0 unspecified atom stereocenters. The van der Waals surface area contributed by atoms with Crippen LogP contribution in [-0.4, -0.2) is 3.26 Å². The molecule has 0 amide bonds. The van der Waals surface area contributed by atoms with E-state index in [0.717, 1.165) is 0 Å². The van der Waals surface area contributed by atoms with E-state index in [1.54, 1.807) is 0 Å². The molecule has 25 heavy (non-hydrogen) atoms. The van der Waals surface area contributed by atoms with Crippen molar-refractivity contribution < 1.29 is 18.6 Å². The van der Waals surface area contributed by atoms with Gasteiger partial charge in [-0.1, -0.05) is 39.2 Å². The molecule has 136 valence electrons. The first-order chi connectivity index (χ1) is 11.6. The molecule has 0 aliphatic heterocycles. The number of fused-ring (bicyclic) bond motifs is 1. The molecule has 3 rings (SSSR count). The van der Waals surface area contributed by atoms with Gasteiger partial charge in [-0.15, -0.1) is 35.0 Å². The molecule has 0 aromatic heterocycles. The second kappa shape index (κ2) is 10.6. The van der Waals surface area contributed by atoms with Crippen molar-refractivity contribution in [2.24, 2.45) is 0 Å². The van der Waals surface area contributed by atoms with Gasteiger partial charge in [-0.25, -0.2) is 6.07 Å². The average molecular weight is 542 g/mol. The summed E-state index contributed by atoms with van der Waals surface area (Å²) in [5, 5.41) is 2.72. The van der Waals surface area contributed by atoms with Gasteiger partial charge in [0, 0.05) is 0 Å². The summed E-state index contributed by atoms with van der Waals surface area (Å²) in [6.07, 6.45) is 0. The van der Waals surface area contributed by atoms with Gasteiger partial charge in [-0.05, 0) is 0 Å². The first-order valence-electron chi connectivity index (χ1n) is 8.44. The van der Waals surface area contributed by atoms with Crippen molar-refractivity contribution in [2.75, 3.05) is 0 Å². The Morgan fingerprint density at radius 3 is 2.00 bits per heavy atom. The quantitative estimate of drug-likeness (QED) is 0.202. The maximum Gasteiger partial charge on any atom is -0.0809 e. The standard InChI is InChI=1S/C10H9.C9H13.C3H6.2ClH.Hf/c1-8-6-7-9-4-2-3-5-10(8)9;1-9(2,3)8-6-4-5-7-8;1-3-2;;;/h2-7H,1H3;4-7H,1-3H3;1-2H3;2*1H;/q2*-1;;;;+2/p-2. The molecule has 0 aliphatic rings. The Labute approximate surface area is 167 Å². The molecule has 3 heteroatoms. The van der Waals surface area contributed by atoms with Gasteiger partial charge in [0.05, 0.1) is 0 Å². The van der Waals surface area contributed by atoms with Crippen LogP contribution in [0.1, 0.15) is 45.7 Å². The van der Waals surface area contributed by atoms with E-state index in [1.807, 2.05) is 13.8 Å². The summed E-state index contributed by atoms with van der Waals surface area (Å²) in [7, 11) is 11.1. The summed E-state index contributed by atoms with van der Waals surface area (Å²) >= 11 is -1.97. The van der Waals surface area contributed by atoms with Crippen LogP contribution >= 0.6 is 17.2 Å². The van der Waals surface area contributed by atoms with Gasteiger partial charge in [0.1, 0.15) is 0 Å². The molecule has 0 N–H and O–H groups in total. The van der Waals surface area contributed by atoms with E-state index in [2.05, 4.69) is 88.4 Å². The Morgan fingerprint density at radius 2 is 1.60 bits per heavy atom. The number of hydrogen-bond acceptors (Lipinski definition) is 0. The van der Waals surface area contributed by atoms with E-state index in [1.165, 1.54) is 25.2 Å². The van der Waals surface area contributed by atoms with Crippen LogP contribution in [0.15, 0.2) is 60.7 Å². The van der Waals surface area contributed by atoms with Gasteiger partial charge in [-0.2, -0.15) is 35.4 Å². The van der Waals surface area contributed by atoms with Crippen LogP contribution in [0.2, 0.25) is 0 Å². The molecular weight excluding hydrogens is 514 g/mol. The number of aryl methyl sites for hydroxylation is 1. The Bertz CT molecular complexity index is 769. The number of halogens is 2. The molecule has 0 aliphatic carbocycles. The molecule has 0 saturated heterocycles. The predicted octanol–water partition coefficient (Wildman–Crippen LogP) is 7.69. The summed E-state index contributed by atoms with van der Waals surface area (Å²) in [6, 6.07) is 21.3. The summed E-state index contributed by atoms with van der Waals surface area (Å²) in [6.45, 7) is 12.8. The number of rotatable bonds is 0. The van der Waals surface area contributed by atoms with E-state index in [0.29, 0.717) is 5.41 Å². The third-order valence-corrected chi connectivity index (χ3v) is 12.7. The van der Waals surface area contributed by atoms with Crippen LogP contribution in [0, 0.1) is 6.92 Å². The Hall–Kier alpha value is -0.500. The third-order valence-electron chi connectivity index (χ3n) is 3.81. The molecule has 0 spiro atoms. The predicted molar refractivity (Wildman–Crippen MR) is 113 cm³/mol. The Balaban J connectivity index is 0.000000195. The van der Waals surface area contributed by atoms with Crippen LogP contribution in [0.4, 0.5) is 0 Å². The van der Waals surface area contributed by atoms with Crippen LogP contribution < -0.4 is 0 Å². The third kappa shape index (κ3) is 8.15. The van der Waals surface area contributed by atoms with Crippen LogP contribution in [0.5, 0.6) is 0 Å². The van der Waals surface area contributed by atoms with Gasteiger partial charge >= 0.3 is 52.8 Å². The molecule has 0 atom stereocenters. The van der Waals surface area contributed by atoms with E-state index in [9.17, 15) is 0 Å². The summed E-state index contributed by atoms with van der Waals surface area (Å²) in [5.74, 6) is 0. The molecule has 3 aromatic rings. The van der Waals surface area contributed by atoms with Crippen molar-refractivity contribution in [3.05, 3.63) is 71.8 Å². The van der Waals surface area contributed by atoms with Crippen LogP contribution in [-0.2, 0) is 24.0 Å². The van der Waals surface area contributed by atoms with Crippen molar-refractivity contribution in [3.63, 3.8) is 0 Å². The van der Waals surface area contributed by atoms with Gasteiger partial charge in [0.2, 0.25) is 0 Å². The van der Waals surface area contributed by atoms with Crippen LogP contribution in [0.25, 0.3) is 10.8 Å². The smallest absolute Gasteiger partial charge is 0.0809 e. The summed E-state index contributed by atoms with van der Waals surface area (Å²) < 4.78 is 1.25. The second-order valence-corrected chi connectivity index (χ2v) is 20.5. The van der Waals surface area contributed by atoms with Gasteiger partial charge in [-0.3, -0.25) is 0 Å². The minimum absolute atomic E-state index is 0.323. The van der Waals surface area contributed by atoms with E-state index >= 15 is 0 Å². The summed E-state index contributed by atoms with van der Waals surface area (Å²) in [4.78, 5) is 0. The molecule has 3 aromatic carbocycles. The SMILES string of the molecule is CC(C)(C)c1cc[cH-]c1.C[C](C)=[Hf]([Cl])[Cl].Cc1c[cH-]c2ccccc12. The molecule has 0 nitrogen and oxygen atoms in total. The van der Waals surface area contributed by atoms with Crippen molar-refractivity contribution in [2.45, 2.75) is 47.0 Å². The first-order valence-corrected chi connectivity index (χ1v) is 19.1. The largest absolute Gasteiger partial charge is 0.156 e. The monoisotopic (exact) mass is 542 g/mol. The molecule has 0 heterocycles. The summed E-state index contributed by atoms with van der Waals surface area (Å²) in [5.41, 5.74) is 3.11. The zero-order valence-electron chi connectivity index (χ0n) is 16.0. The van der Waals surface area contributed by atoms with Crippen molar-refractivity contribution >= 4 is 31.2 Å². The first kappa shape index (κ1) is 22.5. The molecule has 0 saturated carbocycles. The van der Waals surface area contributed by atoms with Crippen molar-refractivity contribution in [1.29, 1.82) is 0 Å². The second-order valence-electron chi connectivity index (χ2n) is 7.29. The fraction of sp³-hybridized carbons (Fsp3) is 0.318. The van der Waals surface area contributed by atoms with Crippen molar-refractivity contribution in [1.82, 2.24) is 0 Å². The fourth-order valence-corrected chi connectivity index (χ4v) is 2.18. The molecule has 0 radical (unpaired) electrons. The maximum atomic E-state index is 5.55. The number of benzene rings is 1. The molecule has 0 fully saturated rings. The Morgan fingerprint density at radius 1 is 1.00 bits per heavy atom. The van der Waals surface area contributed by atoms with E-state index in [4.69, 9.17) is 17.2 Å². The zero-order valence-corrected chi connectivity index (χ0v) is 21.1. The average Bonchev–Trinajstić information content (AvgIpc) is 3.19. The normalized spacial score (nSPS) is 10.4. The Kier molecular flexibility index (Phi) is 9.56. The maximum absolute atomic E-state index is 5.55. The van der Waals surface area contributed by atoms with Crippen molar-refractivity contribution in [3.8, 4) is 0 Å². The molecular formula is C22H28Cl2Hf-2. The van der Waals surface area contributed by atoms with E-state index < -0.39 is 18.6 Å². The van der Waals surface area contributed by atoms with Gasteiger partial charge < -0.3 is 0 Å².